The first-order chi connectivity index (χ1) is 18.6. The fourth-order valence-electron chi connectivity index (χ4n) is 4.72. The average Bonchev–Trinajstić information content (AvgIpc) is 3.26. The number of piperidine rings is 1. The number of nitrogens with two attached hydrogens (primary N) is 1. The van der Waals surface area contributed by atoms with Crippen molar-refractivity contribution < 1.29 is 14.3 Å². The molecule has 1 aliphatic rings. The van der Waals surface area contributed by atoms with Crippen LogP contribution in [-0.4, -0.2) is 50.7 Å². The van der Waals surface area contributed by atoms with Gasteiger partial charge in [-0.3, -0.25) is 0 Å². The van der Waals surface area contributed by atoms with Crippen LogP contribution in [0.2, 0.25) is 0 Å². The Morgan fingerprint density at radius 1 is 1.15 bits per heavy atom. The van der Waals surface area contributed by atoms with Crippen molar-refractivity contribution in [2.24, 2.45) is 0 Å². The third-order valence-corrected chi connectivity index (χ3v) is 7.38. The van der Waals surface area contributed by atoms with Crippen molar-refractivity contribution in [3.63, 3.8) is 0 Å². The van der Waals surface area contributed by atoms with Gasteiger partial charge in [-0.25, -0.2) is 19.7 Å². The number of hydrogen-bond acceptors (Lipinski definition) is 9. The first-order valence-electron chi connectivity index (χ1n) is 13.1. The van der Waals surface area contributed by atoms with E-state index in [0.29, 0.717) is 36.3 Å². The number of anilines is 2. The van der Waals surface area contributed by atoms with Crippen molar-refractivity contribution >= 4 is 39.8 Å². The fourth-order valence-corrected chi connectivity index (χ4v) is 5.53. The number of aryl methyl sites for hydroxylation is 2. The van der Waals surface area contributed by atoms with Crippen molar-refractivity contribution in [2.75, 3.05) is 24.1 Å². The first-order valence-corrected chi connectivity index (χ1v) is 13.9. The molecule has 0 radical (unpaired) electrons. The first kappa shape index (κ1) is 26.7. The quantitative estimate of drug-likeness (QED) is 0.271. The molecule has 0 bridgehead atoms. The largest absolute Gasteiger partial charge is 0.444 e. The maximum atomic E-state index is 12.6. The minimum absolute atomic E-state index is 0.0178. The number of nitrogens with zero attached hydrogens (tertiary/aromatic N) is 4. The van der Waals surface area contributed by atoms with Gasteiger partial charge in [0.15, 0.2) is 0 Å². The molecule has 204 valence electrons. The maximum Gasteiger partial charge on any atom is 0.410 e. The topological polar surface area (TPSA) is 115 Å². The number of hydrogen-bond donors (Lipinski definition) is 2. The fraction of sp³-hybridized carbons (Fsp3) is 0.379. The number of amides is 1. The van der Waals surface area contributed by atoms with Crippen molar-refractivity contribution in [1.82, 2.24) is 19.9 Å². The van der Waals surface area contributed by atoms with E-state index in [9.17, 15) is 4.79 Å². The summed E-state index contributed by atoms with van der Waals surface area (Å²) in [6.45, 7) is 10.8. The molecular weight excluding hydrogens is 512 g/mol. The highest BCUT2D eigenvalue weighted by Crippen LogP contribution is 2.41. The summed E-state index contributed by atoms with van der Waals surface area (Å²) in [6.07, 6.45) is 3.21. The van der Waals surface area contributed by atoms with E-state index in [1.165, 1.54) is 11.3 Å². The van der Waals surface area contributed by atoms with Gasteiger partial charge in [-0.15, -0.1) is 11.3 Å². The summed E-state index contributed by atoms with van der Waals surface area (Å²) in [7, 11) is 0. The molecule has 4 aromatic rings. The van der Waals surface area contributed by atoms with Crippen LogP contribution in [0.15, 0.2) is 42.6 Å². The van der Waals surface area contributed by atoms with E-state index in [4.69, 9.17) is 20.2 Å². The predicted octanol–water partition coefficient (Wildman–Crippen LogP) is 6.56. The van der Waals surface area contributed by atoms with E-state index in [0.717, 1.165) is 44.8 Å². The minimum Gasteiger partial charge on any atom is -0.444 e. The molecule has 10 heteroatoms. The highest BCUT2D eigenvalue weighted by Gasteiger charge is 2.28. The second-order valence-electron chi connectivity index (χ2n) is 10.8. The van der Waals surface area contributed by atoms with Gasteiger partial charge in [0.05, 0.1) is 10.7 Å². The van der Waals surface area contributed by atoms with E-state index in [-0.39, 0.29) is 12.1 Å². The number of likely N-dealkylation sites (tertiary alicyclic amines) is 1. The van der Waals surface area contributed by atoms with Gasteiger partial charge < -0.3 is 25.4 Å². The van der Waals surface area contributed by atoms with Gasteiger partial charge in [-0.2, -0.15) is 0 Å². The van der Waals surface area contributed by atoms with Gasteiger partial charge in [-0.1, -0.05) is 24.3 Å². The van der Waals surface area contributed by atoms with E-state index >= 15 is 0 Å². The molecule has 2 aromatic heterocycles. The number of carbonyl (C=O) groups excluding carboxylic acids is 1. The molecule has 3 N–H and O–H groups in total. The van der Waals surface area contributed by atoms with Crippen LogP contribution >= 0.6 is 11.3 Å². The molecular formula is C29H34N6O3S. The van der Waals surface area contributed by atoms with Crippen LogP contribution < -0.4 is 15.8 Å². The Bertz CT molecular complexity index is 1510. The normalized spacial score (nSPS) is 15.8. The maximum absolute atomic E-state index is 12.6. The Hall–Kier alpha value is -3.92. The lowest BCUT2D eigenvalue weighted by Gasteiger charge is -2.34. The van der Waals surface area contributed by atoms with Gasteiger partial charge in [-0.05, 0) is 65.2 Å². The molecule has 1 aliphatic heterocycles. The summed E-state index contributed by atoms with van der Waals surface area (Å²) in [5.74, 6) is 1.71. The second-order valence-corrected chi connectivity index (χ2v) is 12.0. The number of rotatable bonds is 5. The summed E-state index contributed by atoms with van der Waals surface area (Å²) in [4.78, 5) is 29.1. The lowest BCUT2D eigenvalue weighted by atomic mass is 10.0. The summed E-state index contributed by atoms with van der Waals surface area (Å²) in [5.41, 5.74) is 8.10. The number of aromatic nitrogens is 3. The molecule has 0 unspecified atom stereocenters. The molecule has 2 aromatic carbocycles. The average molecular weight is 547 g/mol. The van der Waals surface area contributed by atoms with Gasteiger partial charge >= 0.3 is 6.09 Å². The van der Waals surface area contributed by atoms with E-state index in [1.54, 1.807) is 11.1 Å². The van der Waals surface area contributed by atoms with Crippen LogP contribution in [0.25, 0.3) is 21.3 Å². The van der Waals surface area contributed by atoms with Crippen LogP contribution in [0, 0.1) is 13.8 Å². The Balaban J connectivity index is 1.38. The van der Waals surface area contributed by atoms with Gasteiger partial charge in [0.25, 0.3) is 0 Å². The summed E-state index contributed by atoms with van der Waals surface area (Å²) < 4.78 is 12.0. The summed E-state index contributed by atoms with van der Waals surface area (Å²) in [6, 6.07) is 11.7. The van der Waals surface area contributed by atoms with Crippen LogP contribution in [-0.2, 0) is 4.74 Å². The standard InChI is InChI=1S/C29H34N6O3S/c1-17-15-22(30)20-10-6-7-11-21(20)24(17)37-26-25(39-18(2)32-26)23-12-13-31-27(34-23)33-19-9-8-14-35(16-19)28(36)38-29(3,4)5/h6-7,10-13,15,19H,8-9,14,16,30H2,1-5H3,(H,31,33,34)/t19-/m1/s1. The molecule has 1 saturated heterocycles. The lowest BCUT2D eigenvalue weighted by Crippen LogP contribution is -2.47. The van der Waals surface area contributed by atoms with Crippen molar-refractivity contribution in [3.05, 3.63) is 53.2 Å². The number of carbonyl (C=O) groups is 1. The number of benzene rings is 2. The summed E-state index contributed by atoms with van der Waals surface area (Å²) in [5, 5.41) is 6.15. The van der Waals surface area contributed by atoms with Crippen molar-refractivity contribution in [3.8, 4) is 22.2 Å². The van der Waals surface area contributed by atoms with E-state index < -0.39 is 5.60 Å². The predicted molar refractivity (Wildman–Crippen MR) is 156 cm³/mol. The number of fused-ring (bicyclic) bond motifs is 1. The number of thiazole rings is 1. The Kier molecular flexibility index (Phi) is 7.31. The summed E-state index contributed by atoms with van der Waals surface area (Å²) >= 11 is 1.52. The van der Waals surface area contributed by atoms with Gasteiger partial charge in [0.2, 0.25) is 11.8 Å². The molecule has 1 amide bonds. The van der Waals surface area contributed by atoms with E-state index in [1.807, 2.05) is 71.0 Å². The van der Waals surface area contributed by atoms with E-state index in [2.05, 4.69) is 15.3 Å². The number of nitrogens with one attached hydrogen (secondary N) is 1. The Labute approximate surface area is 232 Å². The number of nitrogen functional groups attached to an aromatic ring is 1. The SMILES string of the molecule is Cc1nc(Oc2c(C)cc(N)c3ccccc23)c(-c2ccnc(N[C@@H]3CCCN(C(=O)OC(C)(C)C)C3)n2)s1. The third-order valence-electron chi connectivity index (χ3n) is 6.41. The zero-order valence-corrected chi connectivity index (χ0v) is 23.8. The molecule has 0 aliphatic carbocycles. The monoisotopic (exact) mass is 546 g/mol. The zero-order valence-electron chi connectivity index (χ0n) is 22.9. The van der Waals surface area contributed by atoms with Crippen LogP contribution in [0.1, 0.15) is 44.2 Å². The molecule has 0 spiro atoms. The molecule has 1 atom stereocenters. The lowest BCUT2D eigenvalue weighted by molar-refractivity contribution is 0.0206. The molecule has 9 nitrogen and oxygen atoms in total. The third kappa shape index (κ3) is 6.06. The second kappa shape index (κ2) is 10.7. The molecule has 1 fully saturated rings. The molecule has 5 rings (SSSR count). The van der Waals surface area contributed by atoms with Crippen LogP contribution in [0.3, 0.4) is 0 Å². The highest BCUT2D eigenvalue weighted by atomic mass is 32.1. The minimum atomic E-state index is -0.529. The van der Waals surface area contributed by atoms with Crippen LogP contribution in [0.5, 0.6) is 11.6 Å². The number of ether oxygens (including phenoxy) is 2. The van der Waals surface area contributed by atoms with Crippen LogP contribution in [0.4, 0.5) is 16.4 Å². The Morgan fingerprint density at radius 2 is 1.92 bits per heavy atom. The zero-order chi connectivity index (χ0) is 27.7. The molecule has 39 heavy (non-hydrogen) atoms. The Morgan fingerprint density at radius 3 is 2.69 bits per heavy atom. The van der Waals surface area contributed by atoms with Crippen molar-refractivity contribution in [1.29, 1.82) is 0 Å². The molecule has 0 saturated carbocycles. The smallest absolute Gasteiger partial charge is 0.410 e. The van der Waals surface area contributed by atoms with Gasteiger partial charge in [0.1, 0.15) is 16.2 Å². The van der Waals surface area contributed by atoms with Crippen molar-refractivity contribution in [2.45, 2.75) is 59.1 Å². The van der Waals surface area contributed by atoms with Gasteiger partial charge in [0, 0.05) is 41.8 Å². The highest BCUT2D eigenvalue weighted by molar-refractivity contribution is 7.15. The molecule has 3 heterocycles.